The molecule has 0 atom stereocenters. The Bertz CT molecular complexity index is 301. The highest BCUT2D eigenvalue weighted by molar-refractivity contribution is 5.27. The molecule has 0 saturated heterocycles. The van der Waals surface area contributed by atoms with Gasteiger partial charge in [-0.3, -0.25) is 0 Å². The van der Waals surface area contributed by atoms with Crippen molar-refractivity contribution in [2.24, 2.45) is 0 Å². The van der Waals surface area contributed by atoms with E-state index in [9.17, 15) is 22.0 Å². The summed E-state index contributed by atoms with van der Waals surface area (Å²) in [6.07, 6.45) is -4.94. The number of nitrogens with zero attached hydrogens (tertiary/aromatic N) is 2. The van der Waals surface area contributed by atoms with E-state index in [-0.39, 0.29) is 0 Å². The molecule has 8 heteroatoms. The van der Waals surface area contributed by atoms with Crippen LogP contribution in [0, 0.1) is 0 Å². The first-order valence-corrected chi connectivity index (χ1v) is 3.01. The lowest BCUT2D eigenvalue weighted by Crippen LogP contribution is -2.40. The van der Waals surface area contributed by atoms with Crippen LogP contribution in [0.1, 0.15) is 0 Å². The molecule has 1 aromatic heterocycles. The van der Waals surface area contributed by atoms with Gasteiger partial charge >= 0.3 is 12.2 Å². The molecule has 13 heavy (non-hydrogen) atoms. The van der Waals surface area contributed by atoms with Crippen molar-refractivity contribution in [1.29, 1.82) is 0 Å². The number of aromatic nitrogens is 2. The topological polar surface area (TPSA) is 43.8 Å². The molecule has 0 aliphatic carbocycles. The highest BCUT2D eigenvalue weighted by Crippen LogP contribution is 2.40. The van der Waals surface area contributed by atoms with E-state index >= 15 is 0 Å². The van der Waals surface area contributed by atoms with Crippen LogP contribution in [0.3, 0.4) is 0 Å². The van der Waals surface area contributed by atoms with Crippen LogP contribution < -0.4 is 5.73 Å². The third-order valence-electron chi connectivity index (χ3n) is 1.28. The van der Waals surface area contributed by atoms with Crippen molar-refractivity contribution < 1.29 is 22.0 Å². The maximum absolute atomic E-state index is 12.5. The second-order valence-electron chi connectivity index (χ2n) is 2.21. The number of alkyl halides is 5. The van der Waals surface area contributed by atoms with Crippen molar-refractivity contribution in [2.75, 3.05) is 5.73 Å². The Morgan fingerprint density at radius 1 is 1.23 bits per heavy atom. The van der Waals surface area contributed by atoms with Gasteiger partial charge < -0.3 is 5.73 Å². The second-order valence-corrected chi connectivity index (χ2v) is 2.21. The van der Waals surface area contributed by atoms with Gasteiger partial charge in [0, 0.05) is 6.07 Å². The van der Waals surface area contributed by atoms with Gasteiger partial charge in [-0.25, -0.2) is 0 Å². The van der Waals surface area contributed by atoms with Gasteiger partial charge in [0.1, 0.15) is 5.82 Å². The third-order valence-corrected chi connectivity index (χ3v) is 1.28. The molecule has 74 valence electrons. The van der Waals surface area contributed by atoms with Crippen molar-refractivity contribution >= 4 is 5.82 Å². The molecule has 0 aliphatic rings. The molecular weight excluding hydrogens is 197 g/mol. The molecule has 0 radical (unpaired) electrons. The first kappa shape index (κ1) is 9.75. The molecular formula is C5H4F5N3. The zero-order valence-corrected chi connectivity index (χ0v) is 6.02. The van der Waals surface area contributed by atoms with E-state index in [0.717, 1.165) is 12.3 Å². The van der Waals surface area contributed by atoms with E-state index in [0.29, 0.717) is 0 Å². The summed E-state index contributed by atoms with van der Waals surface area (Å²) in [4.78, 5) is 0. The molecule has 0 fully saturated rings. The fourth-order valence-electron chi connectivity index (χ4n) is 0.668. The van der Waals surface area contributed by atoms with Crippen LogP contribution in [0.4, 0.5) is 27.8 Å². The number of nitrogen functional groups attached to an aromatic ring is 1. The normalized spacial score (nSPS) is 13.3. The van der Waals surface area contributed by atoms with Crippen molar-refractivity contribution in [3.05, 3.63) is 12.3 Å². The Labute approximate surface area is 68.9 Å². The summed E-state index contributed by atoms with van der Waals surface area (Å²) in [5, 5.41) is 2.78. The highest BCUT2D eigenvalue weighted by Gasteiger charge is 2.60. The SMILES string of the molecule is Nc1ccnn1C(F)(F)C(F)(F)F. The molecule has 0 aromatic carbocycles. The van der Waals surface area contributed by atoms with E-state index < -0.39 is 22.7 Å². The maximum atomic E-state index is 12.5. The van der Waals surface area contributed by atoms with Gasteiger partial charge in [0.15, 0.2) is 0 Å². The average molecular weight is 201 g/mol. The van der Waals surface area contributed by atoms with Crippen LogP contribution >= 0.6 is 0 Å². The summed E-state index contributed by atoms with van der Waals surface area (Å²) >= 11 is 0. The third kappa shape index (κ3) is 1.43. The monoisotopic (exact) mass is 201 g/mol. The molecule has 0 spiro atoms. The van der Waals surface area contributed by atoms with E-state index in [1.165, 1.54) is 0 Å². The zero-order valence-electron chi connectivity index (χ0n) is 6.02. The highest BCUT2D eigenvalue weighted by atomic mass is 19.4. The summed E-state index contributed by atoms with van der Waals surface area (Å²) < 4.78 is 59.5. The molecule has 3 nitrogen and oxygen atoms in total. The van der Waals surface area contributed by atoms with E-state index in [1.54, 1.807) is 0 Å². The van der Waals surface area contributed by atoms with Crippen LogP contribution in [0.15, 0.2) is 12.3 Å². The summed E-state index contributed by atoms with van der Waals surface area (Å²) in [6.45, 7) is 0. The molecule has 1 aromatic rings. The minimum Gasteiger partial charge on any atom is -0.384 e. The summed E-state index contributed by atoms with van der Waals surface area (Å²) in [6, 6.07) is -4.22. The molecule has 0 unspecified atom stereocenters. The van der Waals surface area contributed by atoms with Crippen molar-refractivity contribution in [3.63, 3.8) is 0 Å². The number of hydrogen-bond acceptors (Lipinski definition) is 2. The van der Waals surface area contributed by atoms with Crippen LogP contribution in [0.2, 0.25) is 0 Å². The molecule has 0 bridgehead atoms. The fourth-order valence-corrected chi connectivity index (χ4v) is 0.668. The van der Waals surface area contributed by atoms with Crippen LogP contribution in [0.5, 0.6) is 0 Å². The second kappa shape index (κ2) is 2.57. The minimum absolute atomic E-state index is 0.576. The number of rotatable bonds is 1. The van der Waals surface area contributed by atoms with Crippen molar-refractivity contribution in [2.45, 2.75) is 12.2 Å². The van der Waals surface area contributed by atoms with Gasteiger partial charge in [-0.15, -0.1) is 0 Å². The van der Waals surface area contributed by atoms with Crippen LogP contribution in [0.25, 0.3) is 0 Å². The quantitative estimate of drug-likeness (QED) is 0.701. The predicted molar refractivity (Wildman–Crippen MR) is 32.9 cm³/mol. The summed E-state index contributed by atoms with van der Waals surface area (Å²) in [5.41, 5.74) is 4.84. The van der Waals surface area contributed by atoms with E-state index in [2.05, 4.69) is 5.10 Å². The summed E-state index contributed by atoms with van der Waals surface area (Å²) in [7, 11) is 0. The first-order chi connectivity index (χ1) is 5.77. The summed E-state index contributed by atoms with van der Waals surface area (Å²) in [5.74, 6) is -0.748. The Morgan fingerprint density at radius 2 is 1.77 bits per heavy atom. The fraction of sp³-hybridized carbons (Fsp3) is 0.400. The Balaban J connectivity index is 3.15. The van der Waals surface area contributed by atoms with Crippen LogP contribution in [-0.4, -0.2) is 16.0 Å². The zero-order chi connectivity index (χ0) is 10.3. The molecule has 1 rings (SSSR count). The van der Waals surface area contributed by atoms with E-state index in [1.807, 2.05) is 0 Å². The molecule has 0 aliphatic heterocycles. The lowest BCUT2D eigenvalue weighted by Gasteiger charge is -2.20. The molecule has 2 N–H and O–H groups in total. The number of hydrogen-bond donors (Lipinski definition) is 1. The first-order valence-electron chi connectivity index (χ1n) is 3.01. The lowest BCUT2D eigenvalue weighted by atomic mass is 10.5. The predicted octanol–water partition coefficient (Wildman–Crippen LogP) is 1.58. The van der Waals surface area contributed by atoms with Gasteiger partial charge in [-0.05, 0) is 0 Å². The van der Waals surface area contributed by atoms with Gasteiger partial charge in [0.2, 0.25) is 0 Å². The Hall–Kier alpha value is -1.34. The van der Waals surface area contributed by atoms with Crippen molar-refractivity contribution in [3.8, 4) is 0 Å². The molecule has 0 amide bonds. The van der Waals surface area contributed by atoms with Crippen LogP contribution in [-0.2, 0) is 6.05 Å². The number of halogens is 5. The Kier molecular flexibility index (Phi) is 1.93. The smallest absolute Gasteiger partial charge is 0.384 e. The van der Waals surface area contributed by atoms with E-state index in [4.69, 9.17) is 5.73 Å². The van der Waals surface area contributed by atoms with Gasteiger partial charge in [0.05, 0.1) is 6.20 Å². The minimum atomic E-state index is -5.70. The number of nitrogens with two attached hydrogens (primary N) is 1. The van der Waals surface area contributed by atoms with Gasteiger partial charge in [-0.1, -0.05) is 0 Å². The average Bonchev–Trinajstić information content (AvgIpc) is 2.32. The largest absolute Gasteiger partial charge is 0.477 e. The molecule has 1 heterocycles. The standard InChI is InChI=1S/C5H4F5N3/c6-4(7,8)5(9,10)13-3(11)1-2-12-13/h1-2H,11H2. The molecule has 0 saturated carbocycles. The maximum Gasteiger partial charge on any atom is 0.477 e. The van der Waals surface area contributed by atoms with Gasteiger partial charge in [0.25, 0.3) is 0 Å². The lowest BCUT2D eigenvalue weighted by molar-refractivity contribution is -0.327. The van der Waals surface area contributed by atoms with Gasteiger partial charge in [-0.2, -0.15) is 31.7 Å². The van der Waals surface area contributed by atoms with Crippen molar-refractivity contribution in [1.82, 2.24) is 9.78 Å². The Morgan fingerprint density at radius 3 is 2.08 bits per heavy atom. The number of anilines is 1.